The Labute approximate surface area is 130 Å². The van der Waals surface area contributed by atoms with Gasteiger partial charge in [0.05, 0.1) is 6.10 Å². The molecule has 0 saturated heterocycles. The van der Waals surface area contributed by atoms with Crippen LogP contribution in [-0.4, -0.2) is 17.2 Å². The van der Waals surface area contributed by atoms with Gasteiger partial charge in [-0.25, -0.2) is 4.79 Å². The van der Waals surface area contributed by atoms with Crippen LogP contribution in [0.3, 0.4) is 0 Å². The first kappa shape index (κ1) is 14.6. The lowest BCUT2D eigenvalue weighted by Crippen LogP contribution is -2.20. The maximum Gasteiger partial charge on any atom is 0.339 e. The van der Waals surface area contributed by atoms with E-state index in [2.05, 4.69) is 0 Å². The molecule has 3 heteroatoms. The molecule has 22 heavy (non-hydrogen) atoms. The number of benzene rings is 2. The van der Waals surface area contributed by atoms with Crippen LogP contribution in [0.25, 0.3) is 11.1 Å². The first-order valence-electron chi connectivity index (χ1n) is 7.83. The zero-order valence-electron chi connectivity index (χ0n) is 12.5. The third kappa shape index (κ3) is 3.30. The number of hydrogen-bond donors (Lipinski definition) is 1. The topological polar surface area (TPSA) is 46.5 Å². The van der Waals surface area contributed by atoms with Gasteiger partial charge in [0, 0.05) is 0 Å². The normalized spacial score (nSPS) is 15.5. The molecule has 0 amide bonds. The molecule has 0 atom stereocenters. The zero-order valence-corrected chi connectivity index (χ0v) is 12.5. The molecule has 1 aliphatic carbocycles. The summed E-state index contributed by atoms with van der Waals surface area (Å²) in [6.45, 7) is 0. The lowest BCUT2D eigenvalue weighted by Gasteiger charge is -2.24. The maximum absolute atomic E-state index is 11.4. The van der Waals surface area contributed by atoms with E-state index >= 15 is 0 Å². The van der Waals surface area contributed by atoms with Crippen LogP contribution in [0.1, 0.15) is 42.5 Å². The summed E-state index contributed by atoms with van der Waals surface area (Å²) in [7, 11) is 0. The van der Waals surface area contributed by atoms with E-state index in [1.54, 1.807) is 6.07 Å². The summed E-state index contributed by atoms with van der Waals surface area (Å²) in [5.41, 5.74) is 2.29. The van der Waals surface area contributed by atoms with E-state index in [-0.39, 0.29) is 11.7 Å². The summed E-state index contributed by atoms with van der Waals surface area (Å²) in [4.78, 5) is 11.4. The van der Waals surface area contributed by atoms with Crippen LogP contribution >= 0.6 is 0 Å². The molecule has 1 aliphatic rings. The number of aromatic carboxylic acids is 1. The van der Waals surface area contributed by atoms with Gasteiger partial charge in [-0.2, -0.15) is 0 Å². The number of ether oxygens (including phenoxy) is 1. The van der Waals surface area contributed by atoms with Crippen LogP contribution in [0, 0.1) is 0 Å². The molecule has 0 unspecified atom stereocenters. The number of carboxylic acids is 1. The van der Waals surface area contributed by atoms with Gasteiger partial charge >= 0.3 is 5.97 Å². The molecule has 1 saturated carbocycles. The highest BCUT2D eigenvalue weighted by Gasteiger charge is 2.19. The van der Waals surface area contributed by atoms with Gasteiger partial charge in [-0.15, -0.1) is 0 Å². The minimum absolute atomic E-state index is 0.137. The standard InChI is InChI=1S/C19H20O3/c20-19(21)17-12-11-15(14-7-3-1-4-8-14)13-18(17)22-16-9-5-2-6-10-16/h1,3-4,7-8,11-13,16H,2,5-6,9-10H2,(H,20,21). The molecule has 0 aliphatic heterocycles. The molecule has 2 aromatic rings. The summed E-state index contributed by atoms with van der Waals surface area (Å²) >= 11 is 0. The Bertz CT molecular complexity index is 643. The second-order valence-electron chi connectivity index (χ2n) is 5.76. The fourth-order valence-corrected chi connectivity index (χ4v) is 2.97. The molecule has 1 fully saturated rings. The Hall–Kier alpha value is -2.29. The van der Waals surface area contributed by atoms with Crippen molar-refractivity contribution in [3.63, 3.8) is 0 Å². The molecule has 0 heterocycles. The van der Waals surface area contributed by atoms with Crippen LogP contribution in [0.2, 0.25) is 0 Å². The van der Waals surface area contributed by atoms with Crippen molar-refractivity contribution in [3.8, 4) is 16.9 Å². The summed E-state index contributed by atoms with van der Waals surface area (Å²) in [5.74, 6) is -0.453. The van der Waals surface area contributed by atoms with E-state index < -0.39 is 5.97 Å². The third-order valence-corrected chi connectivity index (χ3v) is 4.16. The number of carbonyl (C=O) groups is 1. The molecule has 0 spiro atoms. The highest BCUT2D eigenvalue weighted by Crippen LogP contribution is 2.30. The van der Waals surface area contributed by atoms with Crippen molar-refractivity contribution >= 4 is 5.97 Å². The Morgan fingerprint density at radius 1 is 0.955 bits per heavy atom. The summed E-state index contributed by atoms with van der Waals surface area (Å²) in [6.07, 6.45) is 5.72. The van der Waals surface area contributed by atoms with Crippen LogP contribution in [0.5, 0.6) is 5.75 Å². The first-order valence-corrected chi connectivity index (χ1v) is 7.83. The van der Waals surface area contributed by atoms with Gasteiger partial charge in [-0.1, -0.05) is 42.8 Å². The number of hydrogen-bond acceptors (Lipinski definition) is 2. The zero-order chi connectivity index (χ0) is 15.4. The van der Waals surface area contributed by atoms with Crippen LogP contribution in [0.15, 0.2) is 48.5 Å². The molecule has 3 rings (SSSR count). The monoisotopic (exact) mass is 296 g/mol. The molecule has 0 bridgehead atoms. The van der Waals surface area contributed by atoms with Crippen molar-refractivity contribution in [3.05, 3.63) is 54.1 Å². The lowest BCUT2D eigenvalue weighted by atomic mass is 9.97. The first-order chi connectivity index (χ1) is 10.7. The van der Waals surface area contributed by atoms with Crippen LogP contribution < -0.4 is 4.74 Å². The highest BCUT2D eigenvalue weighted by molar-refractivity contribution is 5.92. The van der Waals surface area contributed by atoms with E-state index in [4.69, 9.17) is 4.74 Å². The molecule has 0 aromatic heterocycles. The van der Waals surface area contributed by atoms with Gasteiger partial charge in [-0.05, 0) is 48.9 Å². The predicted molar refractivity (Wildman–Crippen MR) is 86.3 cm³/mol. The van der Waals surface area contributed by atoms with Crippen molar-refractivity contribution in [2.75, 3.05) is 0 Å². The van der Waals surface area contributed by atoms with Crippen molar-refractivity contribution < 1.29 is 14.6 Å². The maximum atomic E-state index is 11.4. The Balaban J connectivity index is 1.92. The smallest absolute Gasteiger partial charge is 0.339 e. The van der Waals surface area contributed by atoms with E-state index in [1.807, 2.05) is 42.5 Å². The van der Waals surface area contributed by atoms with Crippen LogP contribution in [-0.2, 0) is 0 Å². The van der Waals surface area contributed by atoms with E-state index in [0.29, 0.717) is 5.75 Å². The Kier molecular flexibility index (Phi) is 4.42. The predicted octanol–water partition coefficient (Wildman–Crippen LogP) is 4.76. The van der Waals surface area contributed by atoms with Crippen molar-refractivity contribution in [2.45, 2.75) is 38.2 Å². The SMILES string of the molecule is O=C(O)c1ccc(-c2ccccc2)cc1OC1CCCCC1. The van der Waals surface area contributed by atoms with Gasteiger partial charge in [0.15, 0.2) is 0 Å². The van der Waals surface area contributed by atoms with Gasteiger partial charge in [0.2, 0.25) is 0 Å². The van der Waals surface area contributed by atoms with E-state index in [0.717, 1.165) is 36.8 Å². The summed E-state index contributed by atoms with van der Waals surface area (Å²) in [6, 6.07) is 15.3. The van der Waals surface area contributed by atoms with Crippen molar-refractivity contribution in [1.29, 1.82) is 0 Å². The molecular formula is C19H20O3. The van der Waals surface area contributed by atoms with E-state index in [9.17, 15) is 9.90 Å². The van der Waals surface area contributed by atoms with Crippen molar-refractivity contribution in [2.24, 2.45) is 0 Å². The molecule has 2 aromatic carbocycles. The molecule has 3 nitrogen and oxygen atoms in total. The summed E-state index contributed by atoms with van der Waals surface area (Å²) < 4.78 is 6.03. The van der Waals surface area contributed by atoms with Gasteiger partial charge < -0.3 is 9.84 Å². The second-order valence-corrected chi connectivity index (χ2v) is 5.76. The molecule has 1 N–H and O–H groups in total. The highest BCUT2D eigenvalue weighted by atomic mass is 16.5. The number of rotatable bonds is 4. The van der Waals surface area contributed by atoms with Crippen molar-refractivity contribution in [1.82, 2.24) is 0 Å². The fourth-order valence-electron chi connectivity index (χ4n) is 2.97. The average molecular weight is 296 g/mol. The third-order valence-electron chi connectivity index (χ3n) is 4.16. The summed E-state index contributed by atoms with van der Waals surface area (Å²) in [5, 5.41) is 9.38. The molecule has 114 valence electrons. The fraction of sp³-hybridized carbons (Fsp3) is 0.316. The Morgan fingerprint density at radius 2 is 1.68 bits per heavy atom. The van der Waals surface area contributed by atoms with Crippen LogP contribution in [0.4, 0.5) is 0 Å². The average Bonchev–Trinajstić information content (AvgIpc) is 2.56. The van der Waals surface area contributed by atoms with E-state index in [1.165, 1.54) is 6.42 Å². The minimum Gasteiger partial charge on any atom is -0.490 e. The minimum atomic E-state index is -0.939. The molecule has 0 radical (unpaired) electrons. The Morgan fingerprint density at radius 3 is 2.36 bits per heavy atom. The second kappa shape index (κ2) is 6.65. The van der Waals surface area contributed by atoms with Gasteiger partial charge in [0.1, 0.15) is 11.3 Å². The largest absolute Gasteiger partial charge is 0.490 e. The van der Waals surface area contributed by atoms with Gasteiger partial charge in [-0.3, -0.25) is 0 Å². The van der Waals surface area contributed by atoms with Gasteiger partial charge in [0.25, 0.3) is 0 Å². The number of carboxylic acid groups (broad SMARTS) is 1. The lowest BCUT2D eigenvalue weighted by molar-refractivity contribution is 0.0686. The quantitative estimate of drug-likeness (QED) is 0.884. The molecular weight excluding hydrogens is 276 g/mol.